The average Bonchev–Trinajstić information content (AvgIpc) is 3.37. The van der Waals surface area contributed by atoms with E-state index in [4.69, 9.17) is 5.73 Å². The van der Waals surface area contributed by atoms with Crippen molar-refractivity contribution in [1.29, 1.82) is 0 Å². The second-order valence-electron chi connectivity index (χ2n) is 7.41. The largest absolute Gasteiger partial charge is 0.338 e. The molecule has 3 rings (SSSR count). The molecule has 1 saturated carbocycles. The molecule has 0 heterocycles. The Morgan fingerprint density at radius 1 is 1.22 bits per heavy atom. The zero-order valence-electron chi connectivity index (χ0n) is 15.7. The molecule has 0 radical (unpaired) electrons. The standard InChI is InChI=1S/C22H28BrN3O/c1-2-22(17-8-10-18(23)11-9-17)15-20(22)26-21(27)25-13-12-19(24)14-16-6-4-3-5-7-16/h3-11,19-20H,2,12-15,24H2,1H3,(H2,25,26,27). The van der Waals surface area contributed by atoms with Crippen LogP contribution in [0.5, 0.6) is 0 Å². The van der Waals surface area contributed by atoms with Crippen LogP contribution >= 0.6 is 15.9 Å². The topological polar surface area (TPSA) is 67.2 Å². The number of nitrogens with two attached hydrogens (primary N) is 1. The molecule has 4 N–H and O–H groups in total. The summed E-state index contributed by atoms with van der Waals surface area (Å²) < 4.78 is 1.08. The zero-order valence-corrected chi connectivity index (χ0v) is 17.3. The molecule has 0 spiro atoms. The highest BCUT2D eigenvalue weighted by molar-refractivity contribution is 9.10. The number of nitrogens with one attached hydrogen (secondary N) is 2. The van der Waals surface area contributed by atoms with Crippen molar-refractivity contribution in [3.63, 3.8) is 0 Å². The Morgan fingerprint density at radius 3 is 2.59 bits per heavy atom. The molecule has 3 atom stereocenters. The van der Waals surface area contributed by atoms with Crippen LogP contribution in [0.1, 0.15) is 37.3 Å². The van der Waals surface area contributed by atoms with E-state index in [0.29, 0.717) is 6.54 Å². The minimum absolute atomic E-state index is 0.0473. The van der Waals surface area contributed by atoms with Crippen molar-refractivity contribution in [2.24, 2.45) is 5.73 Å². The van der Waals surface area contributed by atoms with E-state index in [2.05, 4.69) is 69.9 Å². The van der Waals surface area contributed by atoms with Gasteiger partial charge in [-0.05, 0) is 48.9 Å². The molecule has 27 heavy (non-hydrogen) atoms. The van der Waals surface area contributed by atoms with Crippen LogP contribution in [0.2, 0.25) is 0 Å². The predicted octanol–water partition coefficient (Wildman–Crippen LogP) is 4.13. The van der Waals surface area contributed by atoms with E-state index >= 15 is 0 Å². The highest BCUT2D eigenvalue weighted by atomic mass is 79.9. The number of hydrogen-bond acceptors (Lipinski definition) is 2. The first-order chi connectivity index (χ1) is 13.0. The number of carbonyl (C=O) groups excluding carboxylic acids is 1. The second kappa shape index (κ2) is 8.89. The van der Waals surface area contributed by atoms with Gasteiger partial charge in [0.05, 0.1) is 0 Å². The lowest BCUT2D eigenvalue weighted by atomic mass is 9.92. The maximum atomic E-state index is 12.3. The third-order valence-electron chi connectivity index (χ3n) is 5.57. The second-order valence-corrected chi connectivity index (χ2v) is 8.33. The summed E-state index contributed by atoms with van der Waals surface area (Å²) >= 11 is 3.48. The first kappa shape index (κ1) is 19.9. The van der Waals surface area contributed by atoms with Crippen LogP contribution in [0.25, 0.3) is 0 Å². The van der Waals surface area contributed by atoms with Crippen LogP contribution in [0, 0.1) is 0 Å². The third-order valence-corrected chi connectivity index (χ3v) is 6.10. The van der Waals surface area contributed by atoms with Gasteiger partial charge in [0.1, 0.15) is 0 Å². The quantitative estimate of drug-likeness (QED) is 0.590. The number of rotatable bonds is 8. The van der Waals surface area contributed by atoms with Crippen molar-refractivity contribution < 1.29 is 4.79 Å². The Balaban J connectivity index is 1.41. The highest BCUT2D eigenvalue weighted by Gasteiger charge is 2.54. The maximum Gasteiger partial charge on any atom is 0.315 e. The fraction of sp³-hybridized carbons (Fsp3) is 0.409. The van der Waals surface area contributed by atoms with E-state index in [1.54, 1.807) is 0 Å². The molecule has 0 saturated heterocycles. The molecule has 1 aliphatic rings. The lowest BCUT2D eigenvalue weighted by Crippen LogP contribution is -2.41. The van der Waals surface area contributed by atoms with Crippen LogP contribution in [0.15, 0.2) is 59.1 Å². The van der Waals surface area contributed by atoms with Crippen molar-refractivity contribution in [2.45, 2.75) is 50.1 Å². The summed E-state index contributed by atoms with van der Waals surface area (Å²) in [4.78, 5) is 12.3. The number of urea groups is 1. The maximum absolute atomic E-state index is 12.3. The van der Waals surface area contributed by atoms with Gasteiger partial charge in [-0.1, -0.05) is 65.3 Å². The van der Waals surface area contributed by atoms with Crippen molar-refractivity contribution in [3.8, 4) is 0 Å². The van der Waals surface area contributed by atoms with Gasteiger partial charge in [0.25, 0.3) is 0 Å². The van der Waals surface area contributed by atoms with Crippen molar-refractivity contribution in [1.82, 2.24) is 10.6 Å². The van der Waals surface area contributed by atoms with Crippen LogP contribution in [0.3, 0.4) is 0 Å². The van der Waals surface area contributed by atoms with E-state index in [1.165, 1.54) is 11.1 Å². The Morgan fingerprint density at radius 2 is 1.93 bits per heavy atom. The number of amides is 2. The number of halogens is 1. The van der Waals surface area contributed by atoms with Gasteiger partial charge in [0.15, 0.2) is 0 Å². The summed E-state index contributed by atoms with van der Waals surface area (Å²) in [6.07, 6.45) is 3.60. The minimum atomic E-state index is -0.0978. The SMILES string of the molecule is CCC1(c2ccc(Br)cc2)CC1NC(=O)NCCC(N)Cc1ccccc1. The Labute approximate surface area is 170 Å². The minimum Gasteiger partial charge on any atom is -0.338 e. The molecule has 0 aromatic heterocycles. The van der Waals surface area contributed by atoms with E-state index in [-0.39, 0.29) is 23.5 Å². The first-order valence-electron chi connectivity index (χ1n) is 9.63. The number of benzene rings is 2. The molecule has 2 amide bonds. The summed E-state index contributed by atoms with van der Waals surface area (Å²) in [5.74, 6) is 0. The lowest BCUT2D eigenvalue weighted by molar-refractivity contribution is 0.239. The van der Waals surface area contributed by atoms with Gasteiger partial charge in [-0.3, -0.25) is 0 Å². The van der Waals surface area contributed by atoms with Gasteiger partial charge in [-0.2, -0.15) is 0 Å². The van der Waals surface area contributed by atoms with Crippen LogP contribution in [0.4, 0.5) is 4.79 Å². The average molecular weight is 430 g/mol. The number of carbonyl (C=O) groups is 1. The summed E-state index contributed by atoms with van der Waals surface area (Å²) in [5, 5.41) is 6.09. The van der Waals surface area contributed by atoms with Crippen molar-refractivity contribution in [3.05, 3.63) is 70.2 Å². The molecule has 1 aliphatic carbocycles. The molecule has 3 unspecified atom stereocenters. The van der Waals surface area contributed by atoms with Gasteiger partial charge in [0.2, 0.25) is 0 Å². The highest BCUT2D eigenvalue weighted by Crippen LogP contribution is 2.51. The molecule has 0 bridgehead atoms. The Bertz CT molecular complexity index is 750. The first-order valence-corrected chi connectivity index (χ1v) is 10.4. The van der Waals surface area contributed by atoms with E-state index < -0.39 is 0 Å². The third kappa shape index (κ3) is 5.11. The Kier molecular flexibility index (Phi) is 6.55. The van der Waals surface area contributed by atoms with Gasteiger partial charge in [-0.15, -0.1) is 0 Å². The molecule has 5 heteroatoms. The van der Waals surface area contributed by atoms with Crippen LogP contribution < -0.4 is 16.4 Å². The van der Waals surface area contributed by atoms with E-state index in [0.717, 1.165) is 30.2 Å². The summed E-state index contributed by atoms with van der Waals surface area (Å²) in [5.41, 5.74) is 8.78. The zero-order chi connectivity index (χ0) is 19.3. The monoisotopic (exact) mass is 429 g/mol. The molecule has 2 aromatic carbocycles. The van der Waals surface area contributed by atoms with Crippen LogP contribution in [-0.4, -0.2) is 24.7 Å². The molecule has 2 aromatic rings. The fourth-order valence-corrected chi connectivity index (χ4v) is 4.05. The van der Waals surface area contributed by atoms with E-state index in [1.807, 2.05) is 18.2 Å². The number of hydrogen-bond donors (Lipinski definition) is 3. The van der Waals surface area contributed by atoms with Crippen LogP contribution in [-0.2, 0) is 11.8 Å². The van der Waals surface area contributed by atoms with Gasteiger partial charge < -0.3 is 16.4 Å². The van der Waals surface area contributed by atoms with Gasteiger partial charge in [0, 0.05) is 28.5 Å². The normalized spacial score (nSPS) is 22.1. The Hall–Kier alpha value is -1.85. The molecule has 0 aliphatic heterocycles. The van der Waals surface area contributed by atoms with Gasteiger partial charge >= 0.3 is 6.03 Å². The summed E-state index contributed by atoms with van der Waals surface area (Å²) in [7, 11) is 0. The van der Waals surface area contributed by atoms with Crippen molar-refractivity contribution >= 4 is 22.0 Å². The molecule has 144 valence electrons. The van der Waals surface area contributed by atoms with Gasteiger partial charge in [-0.25, -0.2) is 4.79 Å². The summed E-state index contributed by atoms with van der Waals surface area (Å²) in [6, 6.07) is 18.8. The lowest BCUT2D eigenvalue weighted by Gasteiger charge is -2.17. The fourth-order valence-electron chi connectivity index (χ4n) is 3.79. The van der Waals surface area contributed by atoms with E-state index in [9.17, 15) is 4.79 Å². The molecule has 1 fully saturated rings. The smallest absolute Gasteiger partial charge is 0.315 e. The molecular weight excluding hydrogens is 402 g/mol. The molecule has 4 nitrogen and oxygen atoms in total. The summed E-state index contributed by atoms with van der Waals surface area (Å²) in [6.45, 7) is 2.77. The van der Waals surface area contributed by atoms with Crippen molar-refractivity contribution in [2.75, 3.05) is 6.54 Å². The predicted molar refractivity (Wildman–Crippen MR) is 114 cm³/mol. The molecular formula is C22H28BrN3O.